The predicted molar refractivity (Wildman–Crippen MR) is 69.3 cm³/mol. The van der Waals surface area contributed by atoms with Gasteiger partial charge in [0.2, 0.25) is 5.91 Å². The van der Waals surface area contributed by atoms with Crippen molar-refractivity contribution in [2.45, 2.75) is 32.6 Å². The number of aliphatic carboxylic acids is 1. The molecule has 0 saturated carbocycles. The quantitative estimate of drug-likeness (QED) is 0.742. The van der Waals surface area contributed by atoms with Crippen molar-refractivity contribution < 1.29 is 14.7 Å². The number of hydrogen-bond acceptors (Lipinski definition) is 3. The second-order valence-electron chi connectivity index (χ2n) is 5.48. The Kier molecular flexibility index (Phi) is 6.12. The van der Waals surface area contributed by atoms with Crippen molar-refractivity contribution in [3.8, 4) is 0 Å². The second-order valence-corrected chi connectivity index (χ2v) is 5.48. The third-order valence-corrected chi connectivity index (χ3v) is 3.37. The van der Waals surface area contributed by atoms with Gasteiger partial charge in [-0.2, -0.15) is 0 Å². The van der Waals surface area contributed by atoms with E-state index in [0.717, 1.165) is 19.5 Å². The number of carbonyl (C=O) groups is 2. The third-order valence-electron chi connectivity index (χ3n) is 3.37. The van der Waals surface area contributed by atoms with Crippen LogP contribution in [0.4, 0.5) is 0 Å². The number of likely N-dealkylation sites (tertiary alicyclic amines) is 1. The van der Waals surface area contributed by atoms with Gasteiger partial charge in [0.05, 0.1) is 0 Å². The van der Waals surface area contributed by atoms with Crippen LogP contribution in [0.1, 0.15) is 32.6 Å². The summed E-state index contributed by atoms with van der Waals surface area (Å²) in [6, 6.07) is 0. The van der Waals surface area contributed by atoms with Gasteiger partial charge in [0.25, 0.3) is 0 Å². The average molecular weight is 256 g/mol. The Morgan fingerprint density at radius 2 is 2.17 bits per heavy atom. The van der Waals surface area contributed by atoms with Gasteiger partial charge in [-0.15, -0.1) is 0 Å². The highest BCUT2D eigenvalue weighted by molar-refractivity contribution is 5.77. The maximum absolute atomic E-state index is 11.6. The molecule has 1 saturated heterocycles. The Morgan fingerprint density at radius 1 is 1.44 bits per heavy atom. The lowest BCUT2D eigenvalue weighted by atomic mass is 9.98. The molecule has 2 unspecified atom stereocenters. The highest BCUT2D eigenvalue weighted by Gasteiger charge is 2.18. The Balaban J connectivity index is 2.18. The molecule has 1 rings (SSSR count). The molecular formula is C13H24N2O3. The minimum atomic E-state index is -0.843. The van der Waals surface area contributed by atoms with Crippen molar-refractivity contribution in [3.05, 3.63) is 0 Å². The van der Waals surface area contributed by atoms with E-state index in [4.69, 9.17) is 5.11 Å². The fraction of sp³-hybridized carbons (Fsp3) is 0.846. The Morgan fingerprint density at radius 3 is 2.78 bits per heavy atom. The first-order valence-electron chi connectivity index (χ1n) is 6.64. The number of rotatable bonds is 6. The Hall–Kier alpha value is -1.10. The van der Waals surface area contributed by atoms with E-state index in [-0.39, 0.29) is 18.2 Å². The Bertz CT molecular complexity index is 294. The highest BCUT2D eigenvalue weighted by atomic mass is 16.4. The van der Waals surface area contributed by atoms with Gasteiger partial charge in [0.15, 0.2) is 0 Å². The fourth-order valence-electron chi connectivity index (χ4n) is 2.46. The van der Waals surface area contributed by atoms with Crippen molar-refractivity contribution in [2.24, 2.45) is 11.8 Å². The summed E-state index contributed by atoms with van der Waals surface area (Å²) < 4.78 is 0. The molecule has 0 radical (unpaired) electrons. The lowest BCUT2D eigenvalue weighted by Gasteiger charge is -2.29. The van der Waals surface area contributed by atoms with Crippen LogP contribution in [0.25, 0.3) is 0 Å². The first kappa shape index (κ1) is 15.0. The first-order chi connectivity index (χ1) is 8.47. The molecule has 0 aromatic heterocycles. The van der Waals surface area contributed by atoms with Gasteiger partial charge in [-0.05, 0) is 38.3 Å². The average Bonchev–Trinajstić information content (AvgIpc) is 2.25. The molecular weight excluding hydrogens is 232 g/mol. The topological polar surface area (TPSA) is 69.6 Å². The number of nitrogens with zero attached hydrogens (tertiary/aromatic N) is 1. The molecule has 5 nitrogen and oxygen atoms in total. The molecule has 2 atom stereocenters. The van der Waals surface area contributed by atoms with Gasteiger partial charge in [0.1, 0.15) is 0 Å². The minimum absolute atomic E-state index is 0.0306. The summed E-state index contributed by atoms with van der Waals surface area (Å²) >= 11 is 0. The van der Waals surface area contributed by atoms with Crippen LogP contribution in [0, 0.1) is 11.8 Å². The van der Waals surface area contributed by atoms with Gasteiger partial charge < -0.3 is 15.3 Å². The second kappa shape index (κ2) is 7.36. The van der Waals surface area contributed by atoms with Crippen LogP contribution in [0.15, 0.2) is 0 Å². The molecule has 5 heteroatoms. The third kappa shape index (κ3) is 6.00. The smallest absolute Gasteiger partial charge is 0.303 e. The SMILES string of the molecule is CC(CC(=O)O)CC(=O)NCC1CCCN(C)C1. The molecule has 1 fully saturated rings. The van der Waals surface area contributed by atoms with Crippen molar-refractivity contribution in [3.63, 3.8) is 0 Å². The van der Waals surface area contributed by atoms with E-state index in [9.17, 15) is 9.59 Å². The van der Waals surface area contributed by atoms with Gasteiger partial charge in [-0.3, -0.25) is 9.59 Å². The zero-order valence-corrected chi connectivity index (χ0v) is 11.3. The molecule has 0 aliphatic carbocycles. The number of carboxylic acid groups (broad SMARTS) is 1. The monoisotopic (exact) mass is 256 g/mol. The molecule has 18 heavy (non-hydrogen) atoms. The summed E-state index contributed by atoms with van der Waals surface area (Å²) in [7, 11) is 2.10. The van der Waals surface area contributed by atoms with Crippen molar-refractivity contribution in [2.75, 3.05) is 26.7 Å². The molecule has 0 aromatic carbocycles. The highest BCUT2D eigenvalue weighted by Crippen LogP contribution is 2.14. The van der Waals surface area contributed by atoms with Crippen LogP contribution in [0.3, 0.4) is 0 Å². The molecule has 1 aliphatic rings. The van der Waals surface area contributed by atoms with E-state index in [2.05, 4.69) is 17.3 Å². The Labute approximate surface area is 109 Å². The maximum Gasteiger partial charge on any atom is 0.303 e. The van der Waals surface area contributed by atoms with E-state index in [1.807, 2.05) is 0 Å². The summed E-state index contributed by atoms with van der Waals surface area (Å²) in [6.45, 7) is 4.68. The zero-order valence-electron chi connectivity index (χ0n) is 11.3. The van der Waals surface area contributed by atoms with Crippen LogP contribution >= 0.6 is 0 Å². The molecule has 1 heterocycles. The van der Waals surface area contributed by atoms with E-state index in [1.165, 1.54) is 6.42 Å². The normalized spacial score (nSPS) is 22.4. The number of nitrogens with one attached hydrogen (secondary N) is 1. The summed E-state index contributed by atoms with van der Waals surface area (Å²) in [5, 5.41) is 11.5. The lowest BCUT2D eigenvalue weighted by molar-refractivity contribution is -0.138. The predicted octanol–water partition coefficient (Wildman–Crippen LogP) is 0.945. The molecule has 1 aliphatic heterocycles. The summed E-state index contributed by atoms with van der Waals surface area (Å²) in [5.74, 6) is -0.444. The largest absolute Gasteiger partial charge is 0.481 e. The summed E-state index contributed by atoms with van der Waals surface area (Å²) in [6.07, 6.45) is 2.70. The maximum atomic E-state index is 11.6. The van der Waals surface area contributed by atoms with Gasteiger partial charge >= 0.3 is 5.97 Å². The first-order valence-corrected chi connectivity index (χ1v) is 6.64. The van der Waals surface area contributed by atoms with Crippen molar-refractivity contribution in [1.82, 2.24) is 10.2 Å². The standard InChI is InChI=1S/C13H24N2O3/c1-10(7-13(17)18)6-12(16)14-8-11-4-3-5-15(2)9-11/h10-11H,3-9H2,1-2H3,(H,14,16)(H,17,18). The van der Waals surface area contributed by atoms with E-state index < -0.39 is 5.97 Å². The molecule has 0 aromatic rings. The van der Waals surface area contributed by atoms with Crippen LogP contribution in [0.5, 0.6) is 0 Å². The minimum Gasteiger partial charge on any atom is -0.481 e. The molecule has 0 spiro atoms. The van der Waals surface area contributed by atoms with E-state index in [1.54, 1.807) is 6.92 Å². The van der Waals surface area contributed by atoms with E-state index >= 15 is 0 Å². The van der Waals surface area contributed by atoms with Crippen LogP contribution in [-0.2, 0) is 9.59 Å². The van der Waals surface area contributed by atoms with Crippen LogP contribution in [-0.4, -0.2) is 48.6 Å². The molecule has 2 N–H and O–H groups in total. The molecule has 1 amide bonds. The van der Waals surface area contributed by atoms with Crippen LogP contribution in [0.2, 0.25) is 0 Å². The molecule has 104 valence electrons. The number of carboxylic acids is 1. The number of carbonyl (C=O) groups excluding carboxylic acids is 1. The lowest BCUT2D eigenvalue weighted by Crippen LogP contribution is -2.39. The fourth-order valence-corrected chi connectivity index (χ4v) is 2.46. The van der Waals surface area contributed by atoms with Gasteiger partial charge in [0, 0.05) is 25.9 Å². The zero-order chi connectivity index (χ0) is 13.5. The van der Waals surface area contributed by atoms with Gasteiger partial charge in [-0.1, -0.05) is 6.92 Å². The van der Waals surface area contributed by atoms with Crippen LogP contribution < -0.4 is 5.32 Å². The molecule has 0 bridgehead atoms. The summed E-state index contributed by atoms with van der Waals surface area (Å²) in [5.41, 5.74) is 0. The van der Waals surface area contributed by atoms with Crippen molar-refractivity contribution >= 4 is 11.9 Å². The number of piperidine rings is 1. The summed E-state index contributed by atoms with van der Waals surface area (Å²) in [4.78, 5) is 24.4. The number of amides is 1. The number of hydrogen-bond donors (Lipinski definition) is 2. The van der Waals surface area contributed by atoms with Crippen molar-refractivity contribution in [1.29, 1.82) is 0 Å². The van der Waals surface area contributed by atoms with Gasteiger partial charge in [-0.25, -0.2) is 0 Å². The van der Waals surface area contributed by atoms with E-state index in [0.29, 0.717) is 18.9 Å².